The molecule has 1 aliphatic rings. The van der Waals surface area contributed by atoms with Crippen LogP contribution in [0.15, 0.2) is 18.2 Å². The highest BCUT2D eigenvalue weighted by Crippen LogP contribution is 2.27. The number of nitrogens with zero attached hydrogens (tertiary/aromatic N) is 1. The summed E-state index contributed by atoms with van der Waals surface area (Å²) in [4.78, 5) is 2.38. The van der Waals surface area contributed by atoms with E-state index in [0.717, 1.165) is 43.7 Å². The maximum absolute atomic E-state index is 13.9. The zero-order valence-electron chi connectivity index (χ0n) is 11.1. The second kappa shape index (κ2) is 7.07. The van der Waals surface area contributed by atoms with Gasteiger partial charge in [0.15, 0.2) is 0 Å². The number of nitrogens with one attached hydrogen (secondary N) is 1. The van der Waals surface area contributed by atoms with E-state index in [-0.39, 0.29) is 24.3 Å². The zero-order chi connectivity index (χ0) is 12.3. The van der Waals surface area contributed by atoms with Crippen molar-refractivity contribution in [3.8, 4) is 0 Å². The molecule has 1 fully saturated rings. The van der Waals surface area contributed by atoms with Gasteiger partial charge < -0.3 is 5.32 Å². The van der Waals surface area contributed by atoms with Gasteiger partial charge >= 0.3 is 0 Å². The number of hydrogen-bond donors (Lipinski definition) is 1. The smallest absolute Gasteiger partial charge is 0.128 e. The molecule has 1 atom stereocenters. The van der Waals surface area contributed by atoms with Crippen LogP contribution in [0.25, 0.3) is 0 Å². The van der Waals surface area contributed by atoms with Crippen LogP contribution in [0.1, 0.15) is 30.5 Å². The first kappa shape index (κ1) is 15.4. The first-order valence-electron chi connectivity index (χ1n) is 6.43. The molecule has 1 saturated heterocycles. The van der Waals surface area contributed by atoms with E-state index in [1.807, 2.05) is 19.1 Å². The van der Waals surface area contributed by atoms with Crippen molar-refractivity contribution < 1.29 is 4.39 Å². The van der Waals surface area contributed by atoms with E-state index in [0.29, 0.717) is 0 Å². The third kappa shape index (κ3) is 3.44. The summed E-state index contributed by atoms with van der Waals surface area (Å²) in [6.07, 6.45) is 0.959. The molecule has 1 N–H and O–H groups in total. The Morgan fingerprint density at radius 3 is 2.61 bits per heavy atom. The standard InChI is InChI=1S/C14H21FN2.ClH/c1-3-14(17-8-6-16-7-9-17)12-10-11(2)4-5-13(12)15;/h4-5,10,14,16H,3,6-9H2,1-2H3;1H/t14-;/m0./s1. The molecule has 1 aromatic rings. The molecule has 2 nitrogen and oxygen atoms in total. The lowest BCUT2D eigenvalue weighted by molar-refractivity contribution is 0.166. The SMILES string of the molecule is CC[C@@H](c1cc(C)ccc1F)N1CCNCC1.Cl. The van der Waals surface area contributed by atoms with Crippen LogP contribution in [0, 0.1) is 12.7 Å². The van der Waals surface area contributed by atoms with Crippen molar-refractivity contribution >= 4 is 12.4 Å². The van der Waals surface area contributed by atoms with Crippen LogP contribution in [0.3, 0.4) is 0 Å². The number of aryl methyl sites for hydroxylation is 1. The Hall–Kier alpha value is -0.640. The normalized spacial score (nSPS) is 18.2. The molecule has 0 amide bonds. The average molecular weight is 273 g/mol. The minimum atomic E-state index is -0.0685. The predicted molar refractivity (Wildman–Crippen MR) is 75.9 cm³/mol. The van der Waals surface area contributed by atoms with Gasteiger partial charge in [0, 0.05) is 37.8 Å². The monoisotopic (exact) mass is 272 g/mol. The average Bonchev–Trinajstić information content (AvgIpc) is 2.36. The number of piperazine rings is 1. The third-order valence-electron chi connectivity index (χ3n) is 3.49. The second-order valence-corrected chi connectivity index (χ2v) is 4.73. The number of halogens is 2. The van der Waals surface area contributed by atoms with Crippen molar-refractivity contribution in [2.24, 2.45) is 0 Å². The predicted octanol–water partition coefficient (Wildman–Crippen LogP) is 2.91. The van der Waals surface area contributed by atoms with E-state index in [1.165, 1.54) is 0 Å². The summed E-state index contributed by atoms with van der Waals surface area (Å²) >= 11 is 0. The minimum absolute atomic E-state index is 0. The van der Waals surface area contributed by atoms with Gasteiger partial charge in [-0.2, -0.15) is 0 Å². The van der Waals surface area contributed by atoms with Gasteiger partial charge in [-0.15, -0.1) is 12.4 Å². The molecule has 0 aromatic heterocycles. The van der Waals surface area contributed by atoms with Crippen molar-refractivity contribution in [3.05, 3.63) is 35.1 Å². The number of benzene rings is 1. The van der Waals surface area contributed by atoms with Crippen molar-refractivity contribution in [2.75, 3.05) is 26.2 Å². The maximum atomic E-state index is 13.9. The molecular weight excluding hydrogens is 251 g/mol. The van der Waals surface area contributed by atoms with E-state index in [4.69, 9.17) is 0 Å². The van der Waals surface area contributed by atoms with Gasteiger partial charge in [-0.1, -0.05) is 24.6 Å². The molecule has 102 valence electrons. The molecule has 18 heavy (non-hydrogen) atoms. The largest absolute Gasteiger partial charge is 0.314 e. The third-order valence-corrected chi connectivity index (χ3v) is 3.49. The van der Waals surface area contributed by atoms with Crippen LogP contribution < -0.4 is 5.32 Å². The summed E-state index contributed by atoms with van der Waals surface area (Å²) in [6.45, 7) is 8.17. The van der Waals surface area contributed by atoms with E-state index < -0.39 is 0 Å². The van der Waals surface area contributed by atoms with Crippen molar-refractivity contribution in [1.82, 2.24) is 10.2 Å². The molecule has 2 rings (SSSR count). The Balaban J connectivity index is 0.00000162. The quantitative estimate of drug-likeness (QED) is 0.910. The molecule has 0 spiro atoms. The van der Waals surface area contributed by atoms with Gasteiger partial charge in [-0.25, -0.2) is 4.39 Å². The number of hydrogen-bond acceptors (Lipinski definition) is 2. The highest BCUT2D eigenvalue weighted by atomic mass is 35.5. The van der Waals surface area contributed by atoms with Crippen LogP contribution in [-0.4, -0.2) is 31.1 Å². The molecule has 0 radical (unpaired) electrons. The summed E-state index contributed by atoms with van der Waals surface area (Å²) in [5, 5.41) is 3.34. The van der Waals surface area contributed by atoms with Crippen molar-refractivity contribution in [2.45, 2.75) is 26.3 Å². The molecule has 0 unspecified atom stereocenters. The number of rotatable bonds is 3. The lowest BCUT2D eigenvalue weighted by atomic mass is 9.99. The zero-order valence-corrected chi connectivity index (χ0v) is 11.9. The second-order valence-electron chi connectivity index (χ2n) is 4.73. The van der Waals surface area contributed by atoms with Crippen molar-refractivity contribution in [3.63, 3.8) is 0 Å². The highest BCUT2D eigenvalue weighted by molar-refractivity contribution is 5.85. The Bertz CT molecular complexity index is 378. The van der Waals surface area contributed by atoms with Gasteiger partial charge in [-0.05, 0) is 19.4 Å². The fourth-order valence-corrected chi connectivity index (χ4v) is 2.59. The fourth-order valence-electron chi connectivity index (χ4n) is 2.59. The van der Waals surface area contributed by atoms with E-state index in [9.17, 15) is 4.39 Å². The Kier molecular flexibility index (Phi) is 6.06. The summed E-state index contributed by atoms with van der Waals surface area (Å²) in [5.74, 6) is -0.0685. The Morgan fingerprint density at radius 2 is 2.00 bits per heavy atom. The van der Waals surface area contributed by atoms with E-state index >= 15 is 0 Å². The van der Waals surface area contributed by atoms with Gasteiger partial charge in [0.1, 0.15) is 5.82 Å². The maximum Gasteiger partial charge on any atom is 0.128 e. The summed E-state index contributed by atoms with van der Waals surface area (Å²) in [6, 6.07) is 5.64. The van der Waals surface area contributed by atoms with Crippen molar-refractivity contribution in [1.29, 1.82) is 0 Å². The fraction of sp³-hybridized carbons (Fsp3) is 0.571. The van der Waals surface area contributed by atoms with E-state index in [1.54, 1.807) is 6.07 Å². The molecule has 0 bridgehead atoms. The Morgan fingerprint density at radius 1 is 1.33 bits per heavy atom. The van der Waals surface area contributed by atoms with Gasteiger partial charge in [0.05, 0.1) is 0 Å². The van der Waals surface area contributed by atoms with Gasteiger partial charge in [0.25, 0.3) is 0 Å². The molecular formula is C14H22ClFN2. The summed E-state index contributed by atoms with van der Waals surface area (Å²) in [5.41, 5.74) is 1.99. The van der Waals surface area contributed by atoms with Gasteiger partial charge in [0.2, 0.25) is 0 Å². The van der Waals surface area contributed by atoms with E-state index in [2.05, 4.69) is 17.1 Å². The molecule has 1 aliphatic heterocycles. The van der Waals surface area contributed by atoms with Crippen LogP contribution in [-0.2, 0) is 0 Å². The first-order valence-corrected chi connectivity index (χ1v) is 6.43. The minimum Gasteiger partial charge on any atom is -0.314 e. The van der Waals surface area contributed by atoms with Crippen LogP contribution in [0.5, 0.6) is 0 Å². The lowest BCUT2D eigenvalue weighted by Gasteiger charge is -2.35. The van der Waals surface area contributed by atoms with Crippen LogP contribution >= 0.6 is 12.4 Å². The summed E-state index contributed by atoms with van der Waals surface area (Å²) in [7, 11) is 0. The van der Waals surface area contributed by atoms with Crippen LogP contribution in [0.2, 0.25) is 0 Å². The lowest BCUT2D eigenvalue weighted by Crippen LogP contribution is -2.45. The molecule has 4 heteroatoms. The Labute approximate surface area is 115 Å². The topological polar surface area (TPSA) is 15.3 Å². The van der Waals surface area contributed by atoms with Gasteiger partial charge in [-0.3, -0.25) is 4.90 Å². The molecule has 1 aromatic carbocycles. The molecule has 0 saturated carbocycles. The molecule has 0 aliphatic carbocycles. The highest BCUT2D eigenvalue weighted by Gasteiger charge is 2.22. The van der Waals surface area contributed by atoms with Crippen LogP contribution in [0.4, 0.5) is 4.39 Å². The summed E-state index contributed by atoms with van der Waals surface area (Å²) < 4.78 is 13.9. The molecule has 1 heterocycles. The first-order chi connectivity index (χ1) is 8.22.